The number of carbonyl (C=O) groups is 1. The molecule has 1 atom stereocenters. The number of nitrogens with zero attached hydrogens (tertiary/aromatic N) is 2. The van der Waals surface area contributed by atoms with Gasteiger partial charge in [-0.05, 0) is 50.6 Å². The first-order valence-corrected chi connectivity index (χ1v) is 9.81. The van der Waals surface area contributed by atoms with E-state index in [1.165, 1.54) is 11.3 Å². The summed E-state index contributed by atoms with van der Waals surface area (Å²) in [6, 6.07) is 8.14. The van der Waals surface area contributed by atoms with E-state index < -0.39 is 0 Å². The Morgan fingerprint density at radius 1 is 1.30 bits per heavy atom. The molecular weight excluding hydrogens is 405 g/mol. The van der Waals surface area contributed by atoms with Crippen LogP contribution in [0.2, 0.25) is 0 Å². The molecule has 1 aliphatic heterocycles. The second-order valence-electron chi connectivity index (χ2n) is 6.14. The zero-order valence-corrected chi connectivity index (χ0v) is 18.1. The third-order valence-corrected chi connectivity index (χ3v) is 5.23. The minimum atomic E-state index is 0. The molecule has 1 amide bonds. The molecule has 1 aromatic carbocycles. The van der Waals surface area contributed by atoms with Gasteiger partial charge in [-0.2, -0.15) is 0 Å². The van der Waals surface area contributed by atoms with Gasteiger partial charge in [-0.15, -0.1) is 36.2 Å². The summed E-state index contributed by atoms with van der Waals surface area (Å²) in [5.74, 6) is 0.894. The smallest absolute Gasteiger partial charge is 0.273 e. The molecule has 2 aromatic rings. The highest BCUT2D eigenvalue weighted by Crippen LogP contribution is 2.27. The molecule has 27 heavy (non-hydrogen) atoms. The van der Waals surface area contributed by atoms with E-state index in [-0.39, 0.29) is 36.8 Å². The standard InChI is InChI=1S/C19H25N3O2S.2ClH/c1-3-11-22(15-9-10-20-12-15)19(23)17-13-25-18(21-17)14-5-7-16(8-6-14)24-4-2;;/h5-8,13,15,20H,3-4,9-12H2,1-2H3;2*1H. The van der Waals surface area contributed by atoms with Gasteiger partial charge in [0.25, 0.3) is 5.91 Å². The van der Waals surface area contributed by atoms with Crippen LogP contribution in [0.4, 0.5) is 0 Å². The zero-order valence-electron chi connectivity index (χ0n) is 15.6. The van der Waals surface area contributed by atoms with E-state index in [2.05, 4.69) is 17.2 Å². The van der Waals surface area contributed by atoms with Gasteiger partial charge in [-0.25, -0.2) is 4.98 Å². The van der Waals surface area contributed by atoms with Crippen LogP contribution in [0.15, 0.2) is 29.6 Å². The van der Waals surface area contributed by atoms with E-state index >= 15 is 0 Å². The van der Waals surface area contributed by atoms with Crippen LogP contribution in [0.1, 0.15) is 37.2 Å². The van der Waals surface area contributed by atoms with Gasteiger partial charge < -0.3 is 15.0 Å². The number of amides is 1. The van der Waals surface area contributed by atoms with Gasteiger partial charge in [0.1, 0.15) is 16.5 Å². The minimum Gasteiger partial charge on any atom is -0.494 e. The number of nitrogens with one attached hydrogen (secondary N) is 1. The van der Waals surface area contributed by atoms with Gasteiger partial charge in [-0.1, -0.05) is 6.92 Å². The van der Waals surface area contributed by atoms with Gasteiger partial charge in [0.05, 0.1) is 6.61 Å². The van der Waals surface area contributed by atoms with Gasteiger partial charge in [0.15, 0.2) is 0 Å². The third kappa shape index (κ3) is 5.82. The Bertz CT molecular complexity index is 703. The lowest BCUT2D eigenvalue weighted by Gasteiger charge is -2.27. The van der Waals surface area contributed by atoms with E-state index in [0.29, 0.717) is 12.3 Å². The van der Waals surface area contributed by atoms with Gasteiger partial charge in [0, 0.05) is 30.1 Å². The van der Waals surface area contributed by atoms with Crippen molar-refractivity contribution in [2.75, 3.05) is 26.2 Å². The fourth-order valence-corrected chi connectivity index (χ4v) is 3.91. The van der Waals surface area contributed by atoms with Gasteiger partial charge >= 0.3 is 0 Å². The van der Waals surface area contributed by atoms with Crippen molar-refractivity contribution in [2.45, 2.75) is 32.7 Å². The number of ether oxygens (including phenoxy) is 1. The van der Waals surface area contributed by atoms with Crippen LogP contribution in [0.5, 0.6) is 5.75 Å². The number of benzene rings is 1. The Kier molecular flexibility index (Phi) is 10.1. The summed E-state index contributed by atoms with van der Waals surface area (Å²) in [6.07, 6.45) is 1.97. The molecule has 150 valence electrons. The Morgan fingerprint density at radius 3 is 2.63 bits per heavy atom. The summed E-state index contributed by atoms with van der Waals surface area (Å²) in [6.45, 7) is 7.36. The van der Waals surface area contributed by atoms with Crippen LogP contribution >= 0.6 is 36.2 Å². The highest BCUT2D eigenvalue weighted by molar-refractivity contribution is 7.13. The molecule has 0 radical (unpaired) electrons. The van der Waals surface area contributed by atoms with Gasteiger partial charge in [0.2, 0.25) is 0 Å². The van der Waals surface area contributed by atoms with Crippen molar-refractivity contribution in [3.63, 3.8) is 0 Å². The highest BCUT2D eigenvalue weighted by Gasteiger charge is 2.28. The molecule has 5 nitrogen and oxygen atoms in total. The van der Waals surface area contributed by atoms with Crippen LogP contribution in [-0.4, -0.2) is 48.1 Å². The molecule has 1 N–H and O–H groups in total. The fourth-order valence-electron chi connectivity index (χ4n) is 3.11. The fraction of sp³-hybridized carbons (Fsp3) is 0.474. The molecule has 1 fully saturated rings. The summed E-state index contributed by atoms with van der Waals surface area (Å²) in [5, 5.41) is 6.08. The molecule has 0 bridgehead atoms. The normalized spacial score (nSPS) is 15.6. The lowest BCUT2D eigenvalue weighted by Crippen LogP contribution is -2.42. The summed E-state index contributed by atoms with van der Waals surface area (Å²) in [7, 11) is 0. The van der Waals surface area contributed by atoms with Crippen molar-refractivity contribution in [3.05, 3.63) is 35.3 Å². The Labute approximate surface area is 177 Å². The first-order chi connectivity index (χ1) is 12.2. The summed E-state index contributed by atoms with van der Waals surface area (Å²) >= 11 is 1.51. The summed E-state index contributed by atoms with van der Waals surface area (Å²) in [5.41, 5.74) is 1.56. The number of thiazole rings is 1. The van der Waals surface area contributed by atoms with Gasteiger partial charge in [-0.3, -0.25) is 4.79 Å². The van der Waals surface area contributed by atoms with E-state index in [0.717, 1.165) is 48.8 Å². The predicted molar refractivity (Wildman–Crippen MR) is 116 cm³/mol. The number of halogens is 2. The number of rotatable bonds is 7. The maximum Gasteiger partial charge on any atom is 0.273 e. The average Bonchev–Trinajstić information content (AvgIpc) is 3.32. The highest BCUT2D eigenvalue weighted by atomic mass is 35.5. The molecule has 1 aliphatic rings. The molecule has 2 heterocycles. The van der Waals surface area contributed by atoms with Crippen molar-refractivity contribution >= 4 is 42.1 Å². The minimum absolute atomic E-state index is 0. The Hall–Kier alpha value is -1.34. The first-order valence-electron chi connectivity index (χ1n) is 8.93. The molecular formula is C19H27Cl2N3O2S. The van der Waals surface area contributed by atoms with Crippen molar-refractivity contribution < 1.29 is 9.53 Å². The van der Waals surface area contributed by atoms with Crippen LogP contribution in [0.3, 0.4) is 0 Å². The quantitative estimate of drug-likeness (QED) is 0.710. The zero-order chi connectivity index (χ0) is 17.6. The number of hydrogen-bond donors (Lipinski definition) is 1. The Balaban J connectivity index is 0.00000182. The van der Waals surface area contributed by atoms with Crippen LogP contribution in [-0.2, 0) is 0 Å². The lowest BCUT2D eigenvalue weighted by molar-refractivity contribution is 0.0687. The predicted octanol–water partition coefficient (Wildman–Crippen LogP) is 4.27. The average molecular weight is 432 g/mol. The van der Waals surface area contributed by atoms with Crippen LogP contribution in [0.25, 0.3) is 10.6 Å². The van der Waals surface area contributed by atoms with E-state index in [1.807, 2.05) is 41.5 Å². The molecule has 8 heteroatoms. The van der Waals surface area contributed by atoms with Crippen molar-refractivity contribution in [1.29, 1.82) is 0 Å². The van der Waals surface area contributed by atoms with Crippen LogP contribution < -0.4 is 10.1 Å². The topological polar surface area (TPSA) is 54.5 Å². The van der Waals surface area contributed by atoms with E-state index in [1.54, 1.807) is 0 Å². The Morgan fingerprint density at radius 2 is 2.04 bits per heavy atom. The van der Waals surface area contributed by atoms with E-state index in [9.17, 15) is 4.79 Å². The first kappa shape index (κ1) is 23.7. The molecule has 0 saturated carbocycles. The van der Waals surface area contributed by atoms with Crippen molar-refractivity contribution in [2.24, 2.45) is 0 Å². The molecule has 0 aliphatic carbocycles. The lowest BCUT2D eigenvalue weighted by atomic mass is 10.2. The maximum atomic E-state index is 12.9. The van der Waals surface area contributed by atoms with Crippen LogP contribution in [0, 0.1) is 0 Å². The number of aromatic nitrogens is 1. The number of carbonyl (C=O) groups excluding carboxylic acids is 1. The molecule has 3 rings (SSSR count). The van der Waals surface area contributed by atoms with Crippen molar-refractivity contribution in [1.82, 2.24) is 15.2 Å². The molecule has 1 saturated heterocycles. The molecule has 1 aromatic heterocycles. The van der Waals surface area contributed by atoms with E-state index in [4.69, 9.17) is 4.74 Å². The number of hydrogen-bond acceptors (Lipinski definition) is 5. The van der Waals surface area contributed by atoms with Crippen molar-refractivity contribution in [3.8, 4) is 16.3 Å². The second-order valence-corrected chi connectivity index (χ2v) is 7.00. The molecule has 1 unspecified atom stereocenters. The maximum absolute atomic E-state index is 12.9. The molecule has 0 spiro atoms. The largest absolute Gasteiger partial charge is 0.494 e. The second kappa shape index (κ2) is 11.5. The summed E-state index contributed by atoms with van der Waals surface area (Å²) < 4.78 is 5.47. The SMILES string of the molecule is CCCN(C(=O)c1csc(-c2ccc(OCC)cc2)n1)C1CCNC1.Cl.Cl. The monoisotopic (exact) mass is 431 g/mol. The summed E-state index contributed by atoms with van der Waals surface area (Å²) in [4.78, 5) is 19.5. The third-order valence-electron chi connectivity index (χ3n) is 4.34.